The smallest absolute Gasteiger partial charge is 0.215 e. The molecular formula is C17H22NO2PS. The van der Waals surface area contributed by atoms with E-state index in [9.17, 15) is 0 Å². The maximum atomic E-state index is 5.90. The van der Waals surface area contributed by atoms with Gasteiger partial charge in [-0.2, -0.15) is 0 Å². The summed E-state index contributed by atoms with van der Waals surface area (Å²) in [4.78, 5) is 0. The minimum Gasteiger partial charge on any atom is -0.370 e. The lowest BCUT2D eigenvalue weighted by molar-refractivity contribution is 0.261. The summed E-state index contributed by atoms with van der Waals surface area (Å²) in [5.41, 5.74) is 2.08. The van der Waals surface area contributed by atoms with Crippen molar-refractivity contribution in [1.82, 2.24) is 0 Å². The van der Waals surface area contributed by atoms with Crippen LogP contribution in [0.4, 0.5) is 5.69 Å². The van der Waals surface area contributed by atoms with Crippen LogP contribution in [0.15, 0.2) is 60.7 Å². The van der Waals surface area contributed by atoms with Crippen LogP contribution in [0.2, 0.25) is 0 Å². The topological polar surface area (TPSA) is 30.5 Å². The zero-order valence-corrected chi connectivity index (χ0v) is 14.6. The fourth-order valence-electron chi connectivity index (χ4n) is 2.22. The van der Waals surface area contributed by atoms with Gasteiger partial charge in [-0.1, -0.05) is 48.5 Å². The first-order valence-electron chi connectivity index (χ1n) is 7.45. The zero-order valence-electron chi connectivity index (χ0n) is 12.9. The van der Waals surface area contributed by atoms with Crippen LogP contribution in [0.3, 0.4) is 0 Å². The lowest BCUT2D eigenvalue weighted by Crippen LogP contribution is -2.15. The SMILES string of the molecule is CCOP(=S)(OCC)C(Nc1ccccc1)c1ccccc1. The number of para-hydroxylation sites is 1. The number of rotatable bonds is 8. The average molecular weight is 335 g/mol. The average Bonchev–Trinajstić information content (AvgIpc) is 2.55. The van der Waals surface area contributed by atoms with Crippen molar-refractivity contribution in [3.63, 3.8) is 0 Å². The Balaban J connectivity index is 2.38. The largest absolute Gasteiger partial charge is 0.370 e. The van der Waals surface area contributed by atoms with Gasteiger partial charge in [0.15, 0.2) is 0 Å². The maximum absolute atomic E-state index is 5.90. The lowest BCUT2D eigenvalue weighted by atomic mass is 10.2. The monoisotopic (exact) mass is 335 g/mol. The number of benzene rings is 2. The molecule has 118 valence electrons. The molecule has 1 N–H and O–H groups in total. The molecule has 0 saturated carbocycles. The molecule has 0 aliphatic heterocycles. The van der Waals surface area contributed by atoms with Crippen LogP contribution in [0.25, 0.3) is 0 Å². The first-order chi connectivity index (χ1) is 10.7. The molecule has 0 aliphatic carbocycles. The van der Waals surface area contributed by atoms with Crippen LogP contribution in [0.5, 0.6) is 0 Å². The molecule has 3 nitrogen and oxygen atoms in total. The third-order valence-corrected chi connectivity index (χ3v) is 6.69. The van der Waals surface area contributed by atoms with Gasteiger partial charge in [-0.25, -0.2) is 0 Å². The highest BCUT2D eigenvalue weighted by molar-refractivity contribution is 8.10. The van der Waals surface area contributed by atoms with Gasteiger partial charge in [-0.05, 0) is 43.4 Å². The molecule has 0 bridgehead atoms. The molecule has 1 unspecified atom stereocenters. The second-order valence-corrected chi connectivity index (χ2v) is 8.34. The van der Waals surface area contributed by atoms with Gasteiger partial charge in [0.2, 0.25) is 6.49 Å². The highest BCUT2D eigenvalue weighted by Gasteiger charge is 2.32. The summed E-state index contributed by atoms with van der Waals surface area (Å²) in [6.45, 7) is 2.48. The van der Waals surface area contributed by atoms with Crippen molar-refractivity contribution in [2.75, 3.05) is 18.5 Å². The van der Waals surface area contributed by atoms with Crippen LogP contribution < -0.4 is 5.32 Å². The van der Waals surface area contributed by atoms with Gasteiger partial charge in [-0.15, -0.1) is 0 Å². The van der Waals surface area contributed by atoms with Crippen LogP contribution in [-0.4, -0.2) is 13.2 Å². The van der Waals surface area contributed by atoms with E-state index in [1.165, 1.54) is 0 Å². The summed E-state index contributed by atoms with van der Waals surface area (Å²) in [5, 5.41) is 3.50. The molecular weight excluding hydrogens is 313 g/mol. The van der Waals surface area contributed by atoms with Crippen molar-refractivity contribution in [2.45, 2.75) is 19.6 Å². The van der Waals surface area contributed by atoms with Gasteiger partial charge < -0.3 is 14.4 Å². The third kappa shape index (κ3) is 4.40. The molecule has 0 radical (unpaired) electrons. The van der Waals surface area contributed by atoms with E-state index in [2.05, 4.69) is 17.4 Å². The minimum absolute atomic E-state index is 0.175. The normalized spacial score (nSPS) is 12.8. The molecule has 2 rings (SSSR count). The zero-order chi connectivity index (χ0) is 15.8. The Bertz CT molecular complexity index is 597. The van der Waals surface area contributed by atoms with Crippen LogP contribution in [0.1, 0.15) is 25.2 Å². The summed E-state index contributed by atoms with van der Waals surface area (Å²) >= 11 is 5.81. The fourth-order valence-corrected chi connectivity index (χ4v) is 5.31. The Labute approximate surface area is 137 Å². The summed E-state index contributed by atoms with van der Waals surface area (Å²) in [5.74, 6) is -0.175. The summed E-state index contributed by atoms with van der Waals surface area (Å²) in [6, 6.07) is 20.1. The molecule has 5 heteroatoms. The van der Waals surface area contributed by atoms with Gasteiger partial charge in [0.25, 0.3) is 0 Å². The number of hydrogen-bond donors (Lipinski definition) is 1. The van der Waals surface area contributed by atoms with Gasteiger partial charge in [-0.3, -0.25) is 0 Å². The van der Waals surface area contributed by atoms with E-state index in [-0.39, 0.29) is 5.78 Å². The Morgan fingerprint density at radius 1 is 0.909 bits per heavy atom. The maximum Gasteiger partial charge on any atom is 0.215 e. The number of anilines is 1. The second-order valence-electron chi connectivity index (χ2n) is 4.70. The summed E-state index contributed by atoms with van der Waals surface area (Å²) in [7, 11) is 0. The molecule has 0 saturated heterocycles. The molecule has 0 fully saturated rings. The summed E-state index contributed by atoms with van der Waals surface area (Å²) in [6.07, 6.45) is 0. The number of nitrogens with one attached hydrogen (secondary N) is 1. The van der Waals surface area contributed by atoms with Gasteiger partial charge in [0.1, 0.15) is 5.78 Å². The molecule has 2 aromatic rings. The van der Waals surface area contributed by atoms with Gasteiger partial charge >= 0.3 is 0 Å². The van der Waals surface area contributed by atoms with Crippen molar-refractivity contribution in [3.05, 3.63) is 66.2 Å². The van der Waals surface area contributed by atoms with E-state index >= 15 is 0 Å². The minimum atomic E-state index is -2.49. The first-order valence-corrected chi connectivity index (χ1v) is 10.2. The van der Waals surface area contributed by atoms with E-state index in [0.717, 1.165) is 11.3 Å². The summed E-state index contributed by atoms with van der Waals surface area (Å²) < 4.78 is 11.8. The molecule has 0 aromatic heterocycles. The number of hydrogen-bond acceptors (Lipinski definition) is 4. The van der Waals surface area contributed by atoms with Crippen molar-refractivity contribution < 1.29 is 9.05 Å². The molecule has 0 heterocycles. The lowest BCUT2D eigenvalue weighted by Gasteiger charge is -2.31. The van der Waals surface area contributed by atoms with Crippen LogP contribution in [-0.2, 0) is 20.9 Å². The van der Waals surface area contributed by atoms with Crippen molar-refractivity contribution in [3.8, 4) is 0 Å². The third-order valence-electron chi connectivity index (χ3n) is 3.13. The molecule has 22 heavy (non-hydrogen) atoms. The van der Waals surface area contributed by atoms with Gasteiger partial charge in [0, 0.05) is 5.69 Å². The molecule has 1 atom stereocenters. The fraction of sp³-hybridized carbons (Fsp3) is 0.294. The van der Waals surface area contributed by atoms with Crippen LogP contribution >= 0.6 is 6.49 Å². The van der Waals surface area contributed by atoms with E-state index in [1.807, 2.05) is 62.4 Å². The van der Waals surface area contributed by atoms with Crippen LogP contribution in [0, 0.1) is 0 Å². The Morgan fingerprint density at radius 3 is 1.91 bits per heavy atom. The highest BCUT2D eigenvalue weighted by Crippen LogP contribution is 2.61. The molecule has 0 spiro atoms. The quantitative estimate of drug-likeness (QED) is 0.673. The standard InChI is InChI=1S/C17H22NO2PS/c1-3-19-21(22,20-4-2)17(15-11-7-5-8-12-15)18-16-13-9-6-10-14-16/h5-14,17-18H,3-4H2,1-2H3. The van der Waals surface area contributed by atoms with E-state index in [1.54, 1.807) is 0 Å². The van der Waals surface area contributed by atoms with E-state index in [4.69, 9.17) is 20.9 Å². The van der Waals surface area contributed by atoms with Gasteiger partial charge in [0.05, 0.1) is 13.2 Å². The molecule has 0 amide bonds. The van der Waals surface area contributed by atoms with Crippen molar-refractivity contribution >= 4 is 24.0 Å². The van der Waals surface area contributed by atoms with Crippen molar-refractivity contribution in [1.29, 1.82) is 0 Å². The van der Waals surface area contributed by atoms with E-state index in [0.29, 0.717) is 13.2 Å². The Morgan fingerprint density at radius 2 is 1.41 bits per heavy atom. The second kappa shape index (κ2) is 8.44. The van der Waals surface area contributed by atoms with Crippen molar-refractivity contribution in [2.24, 2.45) is 0 Å². The predicted octanol–water partition coefficient (Wildman–Crippen LogP) is 5.18. The Hall–Kier alpha value is -1.19. The first kappa shape index (κ1) is 17.2. The van der Waals surface area contributed by atoms with E-state index < -0.39 is 6.49 Å². The molecule has 0 aliphatic rings. The Kier molecular flexibility index (Phi) is 6.59. The predicted molar refractivity (Wildman–Crippen MR) is 96.8 cm³/mol. The highest BCUT2D eigenvalue weighted by atomic mass is 32.5. The molecule has 2 aromatic carbocycles.